The number of aryl methyl sites for hydroxylation is 2. The van der Waals surface area contributed by atoms with Crippen LogP contribution in [-0.4, -0.2) is 33.8 Å². The monoisotopic (exact) mass is 333 g/mol. The molecule has 1 amide bonds. The number of hydrogen-bond donors (Lipinski definition) is 1. The highest BCUT2D eigenvalue weighted by atomic mass is 35.5. The van der Waals surface area contributed by atoms with Gasteiger partial charge in [-0.1, -0.05) is 11.6 Å². The average molecular weight is 334 g/mol. The van der Waals surface area contributed by atoms with Gasteiger partial charge in [-0.15, -0.1) is 0 Å². The van der Waals surface area contributed by atoms with E-state index in [1.807, 2.05) is 12.1 Å². The number of carbonyl (C=O) groups excluding carboxylic acids is 1. The van der Waals surface area contributed by atoms with Gasteiger partial charge >= 0.3 is 0 Å². The number of aromatic nitrogens is 3. The van der Waals surface area contributed by atoms with E-state index in [-0.39, 0.29) is 5.91 Å². The number of rotatable bonds is 4. The van der Waals surface area contributed by atoms with Crippen LogP contribution in [0.25, 0.3) is 0 Å². The Morgan fingerprint density at radius 3 is 2.78 bits per heavy atom. The van der Waals surface area contributed by atoms with Gasteiger partial charge in [-0.2, -0.15) is 5.10 Å². The highest BCUT2D eigenvalue weighted by molar-refractivity contribution is 6.33. The zero-order valence-electron chi connectivity index (χ0n) is 13.3. The lowest BCUT2D eigenvalue weighted by Gasteiger charge is -2.17. The van der Waals surface area contributed by atoms with Crippen LogP contribution in [-0.2, 0) is 13.6 Å². The molecule has 0 aliphatic carbocycles. The van der Waals surface area contributed by atoms with Crippen molar-refractivity contribution >= 4 is 23.3 Å². The van der Waals surface area contributed by atoms with Crippen LogP contribution in [0.5, 0.6) is 0 Å². The Balaban J connectivity index is 1.68. The maximum atomic E-state index is 12.3. The van der Waals surface area contributed by atoms with Gasteiger partial charge in [0.1, 0.15) is 11.0 Å². The fraction of sp³-hybridized carbons (Fsp3) is 0.438. The molecule has 7 heteroatoms. The second kappa shape index (κ2) is 6.58. The molecule has 23 heavy (non-hydrogen) atoms. The summed E-state index contributed by atoms with van der Waals surface area (Å²) in [7, 11) is 1.72. The Morgan fingerprint density at radius 2 is 2.13 bits per heavy atom. The molecule has 1 fully saturated rings. The molecule has 1 saturated heterocycles. The fourth-order valence-corrected chi connectivity index (χ4v) is 3.11. The molecule has 6 nitrogen and oxygen atoms in total. The number of halogens is 1. The number of pyridine rings is 1. The van der Waals surface area contributed by atoms with Gasteiger partial charge < -0.3 is 10.2 Å². The minimum absolute atomic E-state index is 0.208. The lowest BCUT2D eigenvalue weighted by atomic mass is 10.2. The van der Waals surface area contributed by atoms with Gasteiger partial charge in [0.15, 0.2) is 0 Å². The molecule has 1 N–H and O–H groups in total. The van der Waals surface area contributed by atoms with E-state index in [1.54, 1.807) is 20.2 Å². The van der Waals surface area contributed by atoms with Crippen molar-refractivity contribution in [1.82, 2.24) is 20.1 Å². The van der Waals surface area contributed by atoms with Gasteiger partial charge in [-0.3, -0.25) is 9.48 Å². The van der Waals surface area contributed by atoms with Crippen LogP contribution in [0.15, 0.2) is 18.3 Å². The van der Waals surface area contributed by atoms with E-state index in [1.165, 1.54) is 17.5 Å². The van der Waals surface area contributed by atoms with Crippen molar-refractivity contribution in [3.8, 4) is 0 Å². The molecule has 0 radical (unpaired) electrons. The first-order chi connectivity index (χ1) is 11.1. The van der Waals surface area contributed by atoms with Crippen LogP contribution in [0.3, 0.4) is 0 Å². The summed E-state index contributed by atoms with van der Waals surface area (Å²) >= 11 is 6.12. The molecule has 2 aromatic rings. The zero-order chi connectivity index (χ0) is 16.4. The standard InChI is InChI=1S/C16H20ClN5O/c1-11-14(15(17)21(2)20-11)16(23)19-10-12-5-6-18-13(9-12)22-7-3-4-8-22/h5-6,9H,3-4,7-8,10H2,1-2H3,(H,19,23). The van der Waals surface area contributed by atoms with Crippen molar-refractivity contribution in [2.45, 2.75) is 26.3 Å². The third-order valence-corrected chi connectivity index (χ3v) is 4.51. The summed E-state index contributed by atoms with van der Waals surface area (Å²) in [6.45, 7) is 4.31. The molecule has 0 spiro atoms. The number of carbonyl (C=O) groups is 1. The highest BCUT2D eigenvalue weighted by Gasteiger charge is 2.19. The van der Waals surface area contributed by atoms with Crippen molar-refractivity contribution in [3.05, 3.63) is 40.3 Å². The third-order valence-electron chi connectivity index (χ3n) is 4.07. The van der Waals surface area contributed by atoms with Crippen molar-refractivity contribution in [2.24, 2.45) is 7.05 Å². The van der Waals surface area contributed by atoms with E-state index < -0.39 is 0 Å². The van der Waals surface area contributed by atoms with Gasteiger partial charge in [-0.25, -0.2) is 4.98 Å². The van der Waals surface area contributed by atoms with Crippen molar-refractivity contribution < 1.29 is 4.79 Å². The summed E-state index contributed by atoms with van der Waals surface area (Å²) in [6.07, 6.45) is 4.21. The van der Waals surface area contributed by atoms with Gasteiger partial charge in [0, 0.05) is 32.9 Å². The highest BCUT2D eigenvalue weighted by Crippen LogP contribution is 2.20. The lowest BCUT2D eigenvalue weighted by molar-refractivity contribution is 0.0950. The second-order valence-corrected chi connectivity index (χ2v) is 6.13. The summed E-state index contributed by atoms with van der Waals surface area (Å²) in [5.74, 6) is 0.768. The van der Waals surface area contributed by atoms with Crippen LogP contribution in [0.4, 0.5) is 5.82 Å². The van der Waals surface area contributed by atoms with E-state index in [0.717, 1.165) is 24.5 Å². The fourth-order valence-electron chi connectivity index (χ4n) is 2.85. The first kappa shape index (κ1) is 15.8. The zero-order valence-corrected chi connectivity index (χ0v) is 14.1. The molecule has 1 aliphatic heterocycles. The molecular weight excluding hydrogens is 314 g/mol. The molecule has 0 aromatic carbocycles. The number of hydrogen-bond acceptors (Lipinski definition) is 4. The second-order valence-electron chi connectivity index (χ2n) is 5.77. The normalized spacial score (nSPS) is 14.3. The van der Waals surface area contributed by atoms with Crippen molar-refractivity contribution in [2.75, 3.05) is 18.0 Å². The molecule has 0 unspecified atom stereocenters. The first-order valence-corrected chi connectivity index (χ1v) is 8.11. The average Bonchev–Trinajstić information content (AvgIpc) is 3.15. The van der Waals surface area contributed by atoms with Gasteiger partial charge in [-0.05, 0) is 37.5 Å². The van der Waals surface area contributed by atoms with Gasteiger partial charge in [0.25, 0.3) is 5.91 Å². The molecule has 122 valence electrons. The van der Waals surface area contributed by atoms with E-state index in [9.17, 15) is 4.79 Å². The van der Waals surface area contributed by atoms with Gasteiger partial charge in [0.2, 0.25) is 0 Å². The smallest absolute Gasteiger partial charge is 0.256 e. The predicted molar refractivity (Wildman–Crippen MR) is 89.8 cm³/mol. The minimum atomic E-state index is -0.208. The maximum Gasteiger partial charge on any atom is 0.256 e. The molecular formula is C16H20ClN5O. The van der Waals surface area contributed by atoms with E-state index >= 15 is 0 Å². The predicted octanol–water partition coefficient (Wildman–Crippen LogP) is 2.31. The number of amides is 1. The Kier molecular flexibility index (Phi) is 4.52. The third kappa shape index (κ3) is 3.32. The first-order valence-electron chi connectivity index (χ1n) is 7.73. The molecule has 0 bridgehead atoms. The van der Waals surface area contributed by atoms with E-state index in [2.05, 4.69) is 20.3 Å². The minimum Gasteiger partial charge on any atom is -0.357 e. The molecule has 0 atom stereocenters. The van der Waals surface area contributed by atoms with E-state index in [4.69, 9.17) is 11.6 Å². The Bertz CT molecular complexity index is 721. The van der Waals surface area contributed by atoms with Crippen LogP contribution >= 0.6 is 11.6 Å². The maximum absolute atomic E-state index is 12.3. The van der Waals surface area contributed by atoms with E-state index in [0.29, 0.717) is 23.0 Å². The van der Waals surface area contributed by atoms with Crippen molar-refractivity contribution in [3.63, 3.8) is 0 Å². The number of nitrogens with one attached hydrogen (secondary N) is 1. The largest absolute Gasteiger partial charge is 0.357 e. The molecule has 2 aromatic heterocycles. The number of anilines is 1. The van der Waals surface area contributed by atoms with Crippen LogP contribution < -0.4 is 10.2 Å². The molecule has 3 heterocycles. The van der Waals surface area contributed by atoms with Crippen LogP contribution in [0.1, 0.15) is 34.5 Å². The Morgan fingerprint density at radius 1 is 1.39 bits per heavy atom. The summed E-state index contributed by atoms with van der Waals surface area (Å²) in [6, 6.07) is 3.95. The lowest BCUT2D eigenvalue weighted by Crippen LogP contribution is -2.24. The number of nitrogens with zero attached hydrogens (tertiary/aromatic N) is 4. The Hall–Kier alpha value is -2.08. The summed E-state index contributed by atoms with van der Waals surface area (Å²) in [5, 5.41) is 7.42. The van der Waals surface area contributed by atoms with Crippen molar-refractivity contribution in [1.29, 1.82) is 0 Å². The molecule has 0 saturated carbocycles. The SMILES string of the molecule is Cc1nn(C)c(Cl)c1C(=O)NCc1ccnc(N2CCCC2)c1. The summed E-state index contributed by atoms with van der Waals surface area (Å²) in [5.41, 5.74) is 2.08. The quantitative estimate of drug-likeness (QED) is 0.932. The van der Waals surface area contributed by atoms with Crippen LogP contribution in [0.2, 0.25) is 5.15 Å². The summed E-state index contributed by atoms with van der Waals surface area (Å²) in [4.78, 5) is 19.0. The van der Waals surface area contributed by atoms with Gasteiger partial charge in [0.05, 0.1) is 11.3 Å². The molecule has 1 aliphatic rings. The Labute approximate surface area is 140 Å². The summed E-state index contributed by atoms with van der Waals surface area (Å²) < 4.78 is 1.50. The molecule has 3 rings (SSSR count). The van der Waals surface area contributed by atoms with Crippen LogP contribution in [0, 0.1) is 6.92 Å². The topological polar surface area (TPSA) is 63.1 Å².